The topological polar surface area (TPSA) is 63.6 Å². The fourth-order valence-corrected chi connectivity index (χ4v) is 1.86. The second kappa shape index (κ2) is 6.21. The summed E-state index contributed by atoms with van der Waals surface area (Å²) in [6, 6.07) is 11.1. The molecule has 0 spiro atoms. The quantitative estimate of drug-likeness (QED) is 0.857. The summed E-state index contributed by atoms with van der Waals surface area (Å²) in [6.07, 6.45) is 0.709. The molecule has 0 unspecified atom stereocenters. The molecule has 0 aliphatic rings. The van der Waals surface area contributed by atoms with Crippen molar-refractivity contribution in [1.82, 2.24) is 0 Å². The number of aldehydes is 1. The number of benzene rings is 2. The van der Waals surface area contributed by atoms with E-state index in [1.807, 2.05) is 0 Å². The molecule has 2 aromatic rings. The third-order valence-corrected chi connectivity index (χ3v) is 2.98. The van der Waals surface area contributed by atoms with Gasteiger partial charge in [0.2, 0.25) is 0 Å². The summed E-state index contributed by atoms with van der Waals surface area (Å²) in [6.45, 7) is 0.264. The smallest absolute Gasteiger partial charge is 0.335 e. The minimum Gasteiger partial charge on any atom is -0.487 e. The van der Waals surface area contributed by atoms with Gasteiger partial charge < -0.3 is 9.84 Å². The van der Waals surface area contributed by atoms with Crippen LogP contribution in [0.3, 0.4) is 0 Å². The van der Waals surface area contributed by atoms with Gasteiger partial charge in [-0.3, -0.25) is 4.79 Å². The number of carbonyl (C=O) groups is 2. The monoisotopic (exact) mass is 290 g/mol. The lowest BCUT2D eigenvalue weighted by atomic mass is 10.1. The fraction of sp³-hybridized carbons (Fsp3) is 0.0667. The van der Waals surface area contributed by atoms with Crippen LogP contribution >= 0.6 is 11.6 Å². The first kappa shape index (κ1) is 14.1. The summed E-state index contributed by atoms with van der Waals surface area (Å²) in [5.74, 6) is -0.496. The average molecular weight is 291 g/mol. The lowest BCUT2D eigenvalue weighted by Crippen LogP contribution is -1.99. The van der Waals surface area contributed by atoms with E-state index in [0.717, 1.165) is 5.56 Å². The van der Waals surface area contributed by atoms with Crippen molar-refractivity contribution in [2.75, 3.05) is 0 Å². The summed E-state index contributed by atoms with van der Waals surface area (Å²) < 4.78 is 5.53. The molecule has 0 aliphatic carbocycles. The Hall–Kier alpha value is -2.33. The molecule has 0 atom stereocenters. The van der Waals surface area contributed by atoms with Gasteiger partial charge in [0.05, 0.1) is 10.6 Å². The van der Waals surface area contributed by atoms with E-state index < -0.39 is 5.97 Å². The highest BCUT2D eigenvalue weighted by Gasteiger charge is 2.05. The molecule has 0 saturated heterocycles. The van der Waals surface area contributed by atoms with Crippen LogP contribution in [0.5, 0.6) is 5.75 Å². The van der Waals surface area contributed by atoms with Gasteiger partial charge in [0.1, 0.15) is 18.6 Å². The van der Waals surface area contributed by atoms with E-state index in [4.69, 9.17) is 21.4 Å². The number of hydrogen-bond donors (Lipinski definition) is 1. The molecule has 1 N–H and O–H groups in total. The molecule has 4 nitrogen and oxygen atoms in total. The molecular formula is C15H11ClO4. The zero-order valence-electron chi connectivity index (χ0n) is 10.4. The molecule has 0 radical (unpaired) electrons. The first-order chi connectivity index (χ1) is 9.60. The number of carboxylic acid groups (broad SMARTS) is 1. The van der Waals surface area contributed by atoms with Crippen LogP contribution in [0.25, 0.3) is 0 Å². The second-order valence-electron chi connectivity index (χ2n) is 4.10. The maximum absolute atomic E-state index is 10.7. The first-order valence-electron chi connectivity index (χ1n) is 5.80. The van der Waals surface area contributed by atoms with Crippen molar-refractivity contribution in [3.05, 3.63) is 64.2 Å². The minimum atomic E-state index is -0.968. The number of halogens is 1. The van der Waals surface area contributed by atoms with Gasteiger partial charge in [-0.1, -0.05) is 23.7 Å². The third-order valence-electron chi connectivity index (χ3n) is 2.69. The zero-order chi connectivity index (χ0) is 14.5. The number of aromatic carboxylic acids is 1. The van der Waals surface area contributed by atoms with Gasteiger partial charge >= 0.3 is 5.97 Å². The predicted molar refractivity (Wildman–Crippen MR) is 74.6 cm³/mol. The van der Waals surface area contributed by atoms with E-state index in [1.165, 1.54) is 18.2 Å². The first-order valence-corrected chi connectivity index (χ1v) is 6.17. The molecule has 0 aliphatic heterocycles. The van der Waals surface area contributed by atoms with Gasteiger partial charge in [-0.25, -0.2) is 4.79 Å². The number of hydrogen-bond acceptors (Lipinski definition) is 3. The fourth-order valence-electron chi connectivity index (χ4n) is 1.61. The van der Waals surface area contributed by atoms with Gasteiger partial charge in [-0.15, -0.1) is 0 Å². The third kappa shape index (κ3) is 3.36. The van der Waals surface area contributed by atoms with Gasteiger partial charge in [-0.05, 0) is 35.9 Å². The maximum atomic E-state index is 10.7. The lowest BCUT2D eigenvalue weighted by molar-refractivity contribution is 0.0696. The van der Waals surface area contributed by atoms with Crippen LogP contribution in [0.1, 0.15) is 26.3 Å². The number of carboxylic acids is 1. The predicted octanol–water partition coefficient (Wildman–Crippen LogP) is 3.43. The van der Waals surface area contributed by atoms with Crippen LogP contribution in [0, 0.1) is 0 Å². The van der Waals surface area contributed by atoms with E-state index in [2.05, 4.69) is 0 Å². The Bertz CT molecular complexity index is 635. The second-order valence-corrected chi connectivity index (χ2v) is 4.51. The number of rotatable bonds is 5. The number of ether oxygens (including phenoxy) is 1. The molecule has 2 rings (SSSR count). The molecule has 20 heavy (non-hydrogen) atoms. The van der Waals surface area contributed by atoms with Crippen LogP contribution in [0.15, 0.2) is 42.5 Å². The molecule has 5 heteroatoms. The average Bonchev–Trinajstić information content (AvgIpc) is 2.46. The van der Waals surface area contributed by atoms with Crippen molar-refractivity contribution >= 4 is 23.9 Å². The summed E-state index contributed by atoms with van der Waals surface area (Å²) in [4.78, 5) is 21.3. The Labute approximate surface area is 120 Å². The van der Waals surface area contributed by atoms with Crippen LogP contribution in [-0.2, 0) is 6.61 Å². The molecule has 0 amide bonds. The molecule has 0 aromatic heterocycles. The Kier molecular flexibility index (Phi) is 4.38. The van der Waals surface area contributed by atoms with Crippen molar-refractivity contribution in [3.63, 3.8) is 0 Å². The van der Waals surface area contributed by atoms with E-state index in [9.17, 15) is 9.59 Å². The van der Waals surface area contributed by atoms with Gasteiger partial charge in [-0.2, -0.15) is 0 Å². The van der Waals surface area contributed by atoms with Gasteiger partial charge in [0, 0.05) is 5.56 Å². The van der Waals surface area contributed by atoms with Crippen molar-refractivity contribution in [2.24, 2.45) is 0 Å². The van der Waals surface area contributed by atoms with E-state index in [-0.39, 0.29) is 12.2 Å². The molecular weight excluding hydrogens is 280 g/mol. The van der Waals surface area contributed by atoms with Crippen molar-refractivity contribution < 1.29 is 19.4 Å². The van der Waals surface area contributed by atoms with Crippen molar-refractivity contribution in [1.29, 1.82) is 0 Å². The Balaban J connectivity index is 2.05. The highest BCUT2D eigenvalue weighted by molar-refractivity contribution is 6.32. The normalized spacial score (nSPS) is 10.1. The molecule has 0 fully saturated rings. The van der Waals surface area contributed by atoms with Gasteiger partial charge in [0.15, 0.2) is 0 Å². The van der Waals surface area contributed by atoms with Gasteiger partial charge in [0.25, 0.3) is 0 Å². The van der Waals surface area contributed by atoms with Crippen LogP contribution in [-0.4, -0.2) is 17.4 Å². The Morgan fingerprint density at radius 1 is 1.20 bits per heavy atom. The zero-order valence-corrected chi connectivity index (χ0v) is 11.1. The van der Waals surface area contributed by atoms with E-state index in [1.54, 1.807) is 24.3 Å². The standard InChI is InChI=1S/C15H11ClO4/c16-13-7-11(8-17)3-6-14(13)20-9-10-1-4-12(5-2-10)15(18)19/h1-8H,9H2,(H,18,19). The van der Waals surface area contributed by atoms with Crippen LogP contribution < -0.4 is 4.74 Å². The SMILES string of the molecule is O=Cc1ccc(OCc2ccc(C(=O)O)cc2)c(Cl)c1. The van der Waals surface area contributed by atoms with E-state index in [0.29, 0.717) is 22.6 Å². The summed E-state index contributed by atoms with van der Waals surface area (Å²) >= 11 is 5.98. The van der Waals surface area contributed by atoms with Crippen LogP contribution in [0.2, 0.25) is 5.02 Å². The Morgan fingerprint density at radius 2 is 1.90 bits per heavy atom. The lowest BCUT2D eigenvalue weighted by Gasteiger charge is -2.08. The molecule has 0 heterocycles. The molecule has 0 saturated carbocycles. The summed E-state index contributed by atoms with van der Waals surface area (Å²) in [7, 11) is 0. The molecule has 2 aromatic carbocycles. The molecule has 102 valence electrons. The highest BCUT2D eigenvalue weighted by atomic mass is 35.5. The largest absolute Gasteiger partial charge is 0.487 e. The molecule has 0 bridgehead atoms. The van der Waals surface area contributed by atoms with E-state index >= 15 is 0 Å². The van der Waals surface area contributed by atoms with Crippen LogP contribution in [0.4, 0.5) is 0 Å². The van der Waals surface area contributed by atoms with Crippen molar-refractivity contribution in [3.8, 4) is 5.75 Å². The summed E-state index contributed by atoms with van der Waals surface area (Å²) in [5.41, 5.74) is 1.53. The highest BCUT2D eigenvalue weighted by Crippen LogP contribution is 2.25. The Morgan fingerprint density at radius 3 is 2.45 bits per heavy atom. The summed E-state index contributed by atoms with van der Waals surface area (Å²) in [5, 5.41) is 9.15. The minimum absolute atomic E-state index is 0.224. The number of carbonyl (C=O) groups excluding carboxylic acids is 1. The van der Waals surface area contributed by atoms with Crippen molar-refractivity contribution in [2.45, 2.75) is 6.61 Å². The maximum Gasteiger partial charge on any atom is 0.335 e.